The summed E-state index contributed by atoms with van der Waals surface area (Å²) in [5.41, 5.74) is -1.02. The predicted octanol–water partition coefficient (Wildman–Crippen LogP) is 1.97. The Morgan fingerprint density at radius 2 is 2.19 bits per heavy atom. The first-order chi connectivity index (χ1) is 7.36. The van der Waals surface area contributed by atoms with Crippen LogP contribution in [0.15, 0.2) is 18.2 Å². The van der Waals surface area contributed by atoms with Gasteiger partial charge in [0.2, 0.25) is 0 Å². The van der Waals surface area contributed by atoms with Gasteiger partial charge in [0.25, 0.3) is 0 Å². The molecule has 0 aliphatic heterocycles. The Kier molecular flexibility index (Phi) is 3.14. The van der Waals surface area contributed by atoms with Crippen LogP contribution >= 0.6 is 0 Å². The molecule has 1 aromatic rings. The minimum absolute atomic E-state index is 0.0615. The molecular weight excluding hydrogens is 211 g/mol. The van der Waals surface area contributed by atoms with Crippen LogP contribution in [-0.2, 0) is 4.79 Å². The highest BCUT2D eigenvalue weighted by molar-refractivity contribution is 5.81. The van der Waals surface area contributed by atoms with Crippen molar-refractivity contribution in [1.82, 2.24) is 0 Å². The summed E-state index contributed by atoms with van der Waals surface area (Å²) in [5, 5.41) is 20.0. The van der Waals surface area contributed by atoms with Gasteiger partial charge in [0.1, 0.15) is 11.4 Å². The topological polar surface area (TPSA) is 73.1 Å². The molecule has 2 N–H and O–H groups in total. The van der Waals surface area contributed by atoms with Crippen molar-refractivity contribution in [2.75, 3.05) is 5.32 Å². The molecule has 0 fully saturated rings. The average molecular weight is 222 g/mol. The summed E-state index contributed by atoms with van der Waals surface area (Å²) < 4.78 is 13.4. The fourth-order valence-electron chi connectivity index (χ4n) is 1.08. The summed E-state index contributed by atoms with van der Waals surface area (Å²) >= 11 is 0. The summed E-state index contributed by atoms with van der Waals surface area (Å²) in [4.78, 5) is 10.8. The number of hydrogen-bond donors (Lipinski definition) is 2. The lowest BCUT2D eigenvalue weighted by molar-refractivity contribution is -0.141. The Hall–Kier alpha value is -2.09. The second kappa shape index (κ2) is 4.19. The number of anilines is 1. The molecule has 4 nitrogen and oxygen atoms in total. The number of carbonyl (C=O) groups is 1. The quantitative estimate of drug-likeness (QED) is 0.820. The Bertz CT molecular complexity index is 464. The molecule has 0 spiro atoms. The van der Waals surface area contributed by atoms with Crippen LogP contribution < -0.4 is 5.32 Å². The van der Waals surface area contributed by atoms with Gasteiger partial charge in [-0.15, -0.1) is 0 Å². The third-order valence-electron chi connectivity index (χ3n) is 2.08. The zero-order valence-corrected chi connectivity index (χ0v) is 8.91. The van der Waals surface area contributed by atoms with Gasteiger partial charge in [0, 0.05) is 0 Å². The Morgan fingerprint density at radius 1 is 1.56 bits per heavy atom. The van der Waals surface area contributed by atoms with Crippen LogP contribution in [-0.4, -0.2) is 16.6 Å². The highest BCUT2D eigenvalue weighted by Gasteiger charge is 2.27. The third-order valence-corrected chi connectivity index (χ3v) is 2.08. The number of rotatable bonds is 3. The van der Waals surface area contributed by atoms with Crippen molar-refractivity contribution in [2.45, 2.75) is 19.4 Å². The first-order valence-corrected chi connectivity index (χ1v) is 4.58. The zero-order valence-electron chi connectivity index (χ0n) is 8.91. The van der Waals surface area contributed by atoms with Gasteiger partial charge in [-0.05, 0) is 32.0 Å². The number of halogens is 1. The molecule has 0 heterocycles. The minimum Gasteiger partial charge on any atom is -0.480 e. The van der Waals surface area contributed by atoms with E-state index in [1.165, 1.54) is 26.0 Å². The molecule has 16 heavy (non-hydrogen) atoms. The molecule has 0 aliphatic rings. The van der Waals surface area contributed by atoms with Crippen LogP contribution in [0.5, 0.6) is 0 Å². The number of benzene rings is 1. The largest absolute Gasteiger partial charge is 0.480 e. The van der Waals surface area contributed by atoms with E-state index in [1.807, 2.05) is 0 Å². The van der Waals surface area contributed by atoms with E-state index in [0.717, 1.165) is 6.07 Å². The molecule has 1 aromatic carbocycles. The fourth-order valence-corrected chi connectivity index (χ4v) is 1.08. The zero-order chi connectivity index (χ0) is 12.3. The van der Waals surface area contributed by atoms with Crippen LogP contribution in [0.4, 0.5) is 10.1 Å². The summed E-state index contributed by atoms with van der Waals surface area (Å²) in [6.45, 7) is 2.85. The molecule has 0 atom stereocenters. The molecule has 0 bridgehead atoms. The molecule has 1 rings (SSSR count). The van der Waals surface area contributed by atoms with Gasteiger partial charge < -0.3 is 10.4 Å². The summed E-state index contributed by atoms with van der Waals surface area (Å²) in [6, 6.07) is 5.62. The van der Waals surface area contributed by atoms with Crippen LogP contribution in [0.25, 0.3) is 0 Å². The van der Waals surface area contributed by atoms with E-state index in [4.69, 9.17) is 10.4 Å². The SMILES string of the molecule is CC(C)(Nc1ccc(C#N)cc1F)C(=O)O. The first-order valence-electron chi connectivity index (χ1n) is 4.58. The lowest BCUT2D eigenvalue weighted by atomic mass is 10.1. The van der Waals surface area contributed by atoms with Crippen molar-refractivity contribution < 1.29 is 14.3 Å². The summed E-state index contributed by atoms with van der Waals surface area (Å²) in [6.07, 6.45) is 0. The van der Waals surface area contributed by atoms with Crippen LogP contribution in [0.3, 0.4) is 0 Å². The van der Waals surface area contributed by atoms with Crippen LogP contribution in [0.1, 0.15) is 19.4 Å². The molecule has 0 saturated heterocycles. The Labute approximate surface area is 92.3 Å². The van der Waals surface area contributed by atoms with Gasteiger partial charge in [-0.3, -0.25) is 0 Å². The molecule has 0 saturated carbocycles. The van der Waals surface area contributed by atoms with Crippen molar-refractivity contribution in [3.8, 4) is 6.07 Å². The summed E-state index contributed by atoms with van der Waals surface area (Å²) in [7, 11) is 0. The number of carboxylic acids is 1. The number of nitrogens with zero attached hydrogens (tertiary/aromatic N) is 1. The predicted molar refractivity (Wildman–Crippen MR) is 56.5 cm³/mol. The Morgan fingerprint density at radius 3 is 2.62 bits per heavy atom. The lowest BCUT2D eigenvalue weighted by Crippen LogP contribution is -2.40. The number of nitrogens with one attached hydrogen (secondary N) is 1. The normalized spacial score (nSPS) is 10.6. The highest BCUT2D eigenvalue weighted by Crippen LogP contribution is 2.20. The summed E-state index contributed by atoms with van der Waals surface area (Å²) in [5.74, 6) is -1.73. The van der Waals surface area contributed by atoms with Gasteiger partial charge in [0.15, 0.2) is 0 Å². The maximum atomic E-state index is 13.4. The Balaban J connectivity index is 3.00. The van der Waals surface area contributed by atoms with Gasteiger partial charge in [-0.1, -0.05) is 0 Å². The molecule has 0 radical (unpaired) electrons. The smallest absolute Gasteiger partial charge is 0.328 e. The first kappa shape index (κ1) is 12.0. The van der Waals surface area contributed by atoms with Crippen LogP contribution in [0.2, 0.25) is 0 Å². The van der Waals surface area contributed by atoms with E-state index >= 15 is 0 Å². The molecule has 5 heteroatoms. The van der Waals surface area contributed by atoms with Crippen molar-refractivity contribution in [3.63, 3.8) is 0 Å². The van der Waals surface area contributed by atoms with Crippen molar-refractivity contribution in [3.05, 3.63) is 29.6 Å². The van der Waals surface area contributed by atoms with Crippen molar-refractivity contribution in [1.29, 1.82) is 5.26 Å². The molecule has 0 amide bonds. The average Bonchev–Trinajstić information content (AvgIpc) is 2.20. The van der Waals surface area contributed by atoms with E-state index in [1.54, 1.807) is 6.07 Å². The van der Waals surface area contributed by atoms with Crippen LogP contribution in [0, 0.1) is 17.1 Å². The second-order valence-electron chi connectivity index (χ2n) is 3.86. The highest BCUT2D eigenvalue weighted by atomic mass is 19.1. The van der Waals surface area contributed by atoms with E-state index in [0.29, 0.717) is 0 Å². The van der Waals surface area contributed by atoms with Gasteiger partial charge in [0.05, 0.1) is 17.3 Å². The van der Waals surface area contributed by atoms with Gasteiger partial charge in [-0.25, -0.2) is 9.18 Å². The van der Waals surface area contributed by atoms with Crippen molar-refractivity contribution in [2.24, 2.45) is 0 Å². The number of nitriles is 1. The molecule has 0 aliphatic carbocycles. The molecule has 0 aromatic heterocycles. The standard InChI is InChI=1S/C11H11FN2O2/c1-11(2,10(15)16)14-9-4-3-7(6-13)5-8(9)12/h3-5,14H,1-2H3,(H,15,16). The minimum atomic E-state index is -1.27. The monoisotopic (exact) mass is 222 g/mol. The van der Waals surface area contributed by atoms with Crippen molar-refractivity contribution >= 4 is 11.7 Å². The maximum Gasteiger partial charge on any atom is 0.328 e. The lowest BCUT2D eigenvalue weighted by Gasteiger charge is -2.22. The molecular formula is C11H11FN2O2. The molecule has 0 unspecified atom stereocenters. The van der Waals surface area contributed by atoms with E-state index in [2.05, 4.69) is 5.32 Å². The number of aliphatic carboxylic acids is 1. The number of carboxylic acid groups (broad SMARTS) is 1. The third kappa shape index (κ3) is 2.48. The second-order valence-corrected chi connectivity index (χ2v) is 3.86. The van der Waals surface area contributed by atoms with E-state index in [-0.39, 0.29) is 11.3 Å². The van der Waals surface area contributed by atoms with Gasteiger partial charge >= 0.3 is 5.97 Å². The maximum absolute atomic E-state index is 13.4. The van der Waals surface area contributed by atoms with E-state index in [9.17, 15) is 9.18 Å². The molecule has 84 valence electrons. The van der Waals surface area contributed by atoms with E-state index < -0.39 is 17.3 Å². The fraction of sp³-hybridized carbons (Fsp3) is 0.273. The van der Waals surface area contributed by atoms with Gasteiger partial charge in [-0.2, -0.15) is 5.26 Å². The number of hydrogen-bond acceptors (Lipinski definition) is 3.